The molecule has 18 heavy (non-hydrogen) atoms. The van der Waals surface area contributed by atoms with Gasteiger partial charge in [-0.2, -0.15) is 0 Å². The Bertz CT molecular complexity index is 426. The first kappa shape index (κ1) is 12.7. The number of para-hydroxylation sites is 1. The van der Waals surface area contributed by atoms with E-state index in [4.69, 9.17) is 15.0 Å². The van der Waals surface area contributed by atoms with Crippen LogP contribution in [0.3, 0.4) is 0 Å². The predicted molar refractivity (Wildman–Crippen MR) is 68.0 cm³/mol. The lowest BCUT2D eigenvalue weighted by atomic mass is 10.3. The van der Waals surface area contributed by atoms with Gasteiger partial charge in [-0.3, -0.25) is 4.90 Å². The summed E-state index contributed by atoms with van der Waals surface area (Å²) >= 11 is 0. The molecule has 1 fully saturated rings. The van der Waals surface area contributed by atoms with Gasteiger partial charge >= 0.3 is 0 Å². The summed E-state index contributed by atoms with van der Waals surface area (Å²) < 4.78 is 10.9. The minimum absolute atomic E-state index is 0.530. The van der Waals surface area contributed by atoms with Crippen LogP contribution >= 0.6 is 0 Å². The van der Waals surface area contributed by atoms with E-state index >= 15 is 0 Å². The number of hydrogen-bond donors (Lipinski definition) is 0. The van der Waals surface area contributed by atoms with Gasteiger partial charge in [0, 0.05) is 24.5 Å². The monoisotopic (exact) mass is 248 g/mol. The van der Waals surface area contributed by atoms with Crippen molar-refractivity contribution >= 4 is 5.69 Å². The zero-order valence-corrected chi connectivity index (χ0v) is 10.2. The van der Waals surface area contributed by atoms with Crippen LogP contribution in [0.4, 0.5) is 5.69 Å². The molecule has 0 atom stereocenters. The molecule has 0 N–H and O–H groups in total. The van der Waals surface area contributed by atoms with Gasteiger partial charge in [-0.1, -0.05) is 17.2 Å². The average molecular weight is 248 g/mol. The molecule has 0 bridgehead atoms. The van der Waals surface area contributed by atoms with Crippen LogP contribution in [0, 0.1) is 0 Å². The Morgan fingerprint density at radius 2 is 2.11 bits per heavy atom. The normalized spacial score (nSPS) is 16.0. The van der Waals surface area contributed by atoms with Crippen LogP contribution < -0.4 is 4.74 Å². The third-order valence-electron chi connectivity index (χ3n) is 2.79. The molecule has 0 amide bonds. The van der Waals surface area contributed by atoms with Gasteiger partial charge in [0.25, 0.3) is 0 Å². The fourth-order valence-corrected chi connectivity index (χ4v) is 1.82. The Balaban J connectivity index is 1.84. The lowest BCUT2D eigenvalue weighted by molar-refractivity contribution is 0.0323. The summed E-state index contributed by atoms with van der Waals surface area (Å²) in [7, 11) is 0. The molecule has 0 aromatic heterocycles. The fraction of sp³-hybridized carbons (Fsp3) is 0.500. The number of azide groups is 1. The third kappa shape index (κ3) is 3.63. The zero-order chi connectivity index (χ0) is 12.6. The molecule has 0 saturated carbocycles. The van der Waals surface area contributed by atoms with E-state index in [1.807, 2.05) is 18.2 Å². The molecular formula is C12H16N4O2. The molecule has 96 valence electrons. The van der Waals surface area contributed by atoms with Crippen molar-refractivity contribution in [3.63, 3.8) is 0 Å². The molecule has 0 radical (unpaired) electrons. The van der Waals surface area contributed by atoms with E-state index in [1.54, 1.807) is 6.07 Å². The highest BCUT2D eigenvalue weighted by atomic mass is 16.5. The Hall–Kier alpha value is -1.75. The molecule has 1 aromatic carbocycles. The minimum Gasteiger partial charge on any atom is -0.492 e. The molecule has 0 unspecified atom stereocenters. The van der Waals surface area contributed by atoms with Crippen molar-refractivity contribution in [2.45, 2.75) is 0 Å². The number of nitrogens with zero attached hydrogens (tertiary/aromatic N) is 4. The van der Waals surface area contributed by atoms with E-state index in [0.717, 1.165) is 32.8 Å². The number of morpholine rings is 1. The maximum Gasteiger partial charge on any atom is 0.128 e. The van der Waals surface area contributed by atoms with Crippen molar-refractivity contribution in [2.24, 2.45) is 5.11 Å². The van der Waals surface area contributed by atoms with Gasteiger partial charge in [0.2, 0.25) is 0 Å². The van der Waals surface area contributed by atoms with E-state index in [0.29, 0.717) is 18.0 Å². The number of hydrogen-bond acceptors (Lipinski definition) is 4. The van der Waals surface area contributed by atoms with E-state index in [-0.39, 0.29) is 0 Å². The molecule has 0 aliphatic carbocycles. The van der Waals surface area contributed by atoms with Crippen LogP contribution in [0.1, 0.15) is 0 Å². The summed E-state index contributed by atoms with van der Waals surface area (Å²) in [5.74, 6) is 0.628. The smallest absolute Gasteiger partial charge is 0.128 e. The second-order valence-corrected chi connectivity index (χ2v) is 3.96. The van der Waals surface area contributed by atoms with E-state index in [2.05, 4.69) is 14.9 Å². The van der Waals surface area contributed by atoms with Gasteiger partial charge in [0.1, 0.15) is 12.4 Å². The quantitative estimate of drug-likeness (QED) is 0.456. The number of ether oxygens (including phenoxy) is 2. The van der Waals surface area contributed by atoms with Crippen molar-refractivity contribution in [1.82, 2.24) is 4.90 Å². The number of benzene rings is 1. The van der Waals surface area contributed by atoms with Crippen molar-refractivity contribution < 1.29 is 9.47 Å². The maximum atomic E-state index is 8.45. The van der Waals surface area contributed by atoms with E-state index in [1.165, 1.54) is 0 Å². The first-order chi connectivity index (χ1) is 8.90. The lowest BCUT2D eigenvalue weighted by Gasteiger charge is -2.26. The first-order valence-electron chi connectivity index (χ1n) is 5.97. The molecule has 1 aliphatic rings. The van der Waals surface area contributed by atoms with Crippen LogP contribution in [0.5, 0.6) is 5.75 Å². The van der Waals surface area contributed by atoms with Gasteiger partial charge in [0.15, 0.2) is 0 Å². The van der Waals surface area contributed by atoms with Crippen molar-refractivity contribution in [1.29, 1.82) is 0 Å². The van der Waals surface area contributed by atoms with Crippen LogP contribution in [0.2, 0.25) is 0 Å². The summed E-state index contributed by atoms with van der Waals surface area (Å²) in [6.07, 6.45) is 0. The molecule has 1 aliphatic heterocycles. The Labute approximate surface area is 106 Å². The Kier molecular flexibility index (Phi) is 4.84. The first-order valence-corrected chi connectivity index (χ1v) is 5.97. The fourth-order valence-electron chi connectivity index (χ4n) is 1.82. The van der Waals surface area contributed by atoms with Crippen molar-refractivity contribution in [2.75, 3.05) is 39.5 Å². The number of rotatable bonds is 5. The summed E-state index contributed by atoms with van der Waals surface area (Å²) in [4.78, 5) is 5.07. The van der Waals surface area contributed by atoms with E-state index < -0.39 is 0 Å². The molecular weight excluding hydrogens is 232 g/mol. The van der Waals surface area contributed by atoms with Gasteiger partial charge in [-0.05, 0) is 17.7 Å². The van der Waals surface area contributed by atoms with Crippen LogP contribution in [0.15, 0.2) is 29.4 Å². The van der Waals surface area contributed by atoms with E-state index in [9.17, 15) is 0 Å². The van der Waals surface area contributed by atoms with Crippen molar-refractivity contribution in [3.05, 3.63) is 34.7 Å². The minimum atomic E-state index is 0.530. The van der Waals surface area contributed by atoms with Crippen LogP contribution in [-0.2, 0) is 4.74 Å². The Morgan fingerprint density at radius 3 is 2.89 bits per heavy atom. The average Bonchev–Trinajstić information content (AvgIpc) is 2.42. The highest BCUT2D eigenvalue weighted by Crippen LogP contribution is 2.26. The maximum absolute atomic E-state index is 8.45. The molecule has 1 saturated heterocycles. The molecule has 1 aromatic rings. The third-order valence-corrected chi connectivity index (χ3v) is 2.79. The molecule has 1 heterocycles. The summed E-state index contributed by atoms with van der Waals surface area (Å²) in [5.41, 5.74) is 8.98. The molecule has 2 rings (SSSR count). The summed E-state index contributed by atoms with van der Waals surface area (Å²) in [5, 5.41) is 3.59. The van der Waals surface area contributed by atoms with Gasteiger partial charge < -0.3 is 9.47 Å². The zero-order valence-electron chi connectivity index (χ0n) is 10.2. The van der Waals surface area contributed by atoms with Crippen LogP contribution in [0.25, 0.3) is 10.4 Å². The second kappa shape index (κ2) is 6.86. The molecule has 6 heteroatoms. The van der Waals surface area contributed by atoms with Gasteiger partial charge in [0.05, 0.1) is 18.9 Å². The topological polar surface area (TPSA) is 70.5 Å². The highest BCUT2D eigenvalue weighted by Gasteiger charge is 2.10. The standard InChI is InChI=1S/C12H16N4O2/c13-15-14-11-3-1-2-4-12(11)18-10-7-16-5-8-17-9-6-16/h1-4H,5-10H2. The molecule has 0 spiro atoms. The Morgan fingerprint density at radius 1 is 1.33 bits per heavy atom. The summed E-state index contributed by atoms with van der Waals surface area (Å²) in [6, 6.07) is 7.23. The molecule has 6 nitrogen and oxygen atoms in total. The highest BCUT2D eigenvalue weighted by molar-refractivity contribution is 5.51. The second-order valence-electron chi connectivity index (χ2n) is 3.96. The van der Waals surface area contributed by atoms with Gasteiger partial charge in [-0.25, -0.2) is 0 Å². The SMILES string of the molecule is [N-]=[N+]=Nc1ccccc1OCCN1CCOCC1. The van der Waals surface area contributed by atoms with Crippen LogP contribution in [-0.4, -0.2) is 44.4 Å². The largest absolute Gasteiger partial charge is 0.492 e. The van der Waals surface area contributed by atoms with Crippen molar-refractivity contribution in [3.8, 4) is 5.75 Å². The predicted octanol–water partition coefficient (Wildman–Crippen LogP) is 2.34. The summed E-state index contributed by atoms with van der Waals surface area (Å²) in [6.45, 7) is 4.90. The lowest BCUT2D eigenvalue weighted by Crippen LogP contribution is -2.38. The van der Waals surface area contributed by atoms with Gasteiger partial charge in [-0.15, -0.1) is 0 Å².